The summed E-state index contributed by atoms with van der Waals surface area (Å²) in [6.45, 7) is 8.54. The van der Waals surface area contributed by atoms with Crippen molar-refractivity contribution in [2.24, 2.45) is 5.92 Å². The maximum Gasteiger partial charge on any atom is 0.341 e. The fraction of sp³-hybridized carbons (Fsp3) is 0.609. The molecule has 1 heterocycles. The number of carbonyl (C=O) groups is 1. The van der Waals surface area contributed by atoms with Crippen LogP contribution in [-0.4, -0.2) is 23.8 Å². The summed E-state index contributed by atoms with van der Waals surface area (Å²) in [5.74, 6) is 0.753. The molecule has 27 heavy (non-hydrogen) atoms. The van der Waals surface area contributed by atoms with Gasteiger partial charge in [-0.05, 0) is 58.1 Å². The summed E-state index contributed by atoms with van der Waals surface area (Å²) in [5, 5.41) is 11.2. The van der Waals surface area contributed by atoms with Crippen LogP contribution >= 0.6 is 0 Å². The van der Waals surface area contributed by atoms with Crippen LogP contribution in [-0.2, 0) is 11.2 Å². The normalized spacial score (nSPS) is 22.9. The Bertz CT molecular complexity index is 760. The van der Waals surface area contributed by atoms with E-state index in [0.717, 1.165) is 55.4 Å². The van der Waals surface area contributed by atoms with E-state index in [1.165, 1.54) is 12.7 Å². The second-order valence-corrected chi connectivity index (χ2v) is 8.53. The summed E-state index contributed by atoms with van der Waals surface area (Å²) in [4.78, 5) is 12.5. The van der Waals surface area contributed by atoms with Crippen molar-refractivity contribution in [3.8, 4) is 11.5 Å². The molecule has 0 saturated heterocycles. The molecule has 4 nitrogen and oxygen atoms in total. The standard InChI is InChI=1S/C23H32O4/c1-6-7-8-9-15-13-18-20(21(24)19(15)22(25)26-5)16-12-14(2)10-11-17(16)23(3,4)27-18/h10,13,16-17,24H,6-9,11-12H2,1-5H3/t16-,17-/m1/s1. The highest BCUT2D eigenvalue weighted by Gasteiger charge is 2.46. The first-order valence-electron chi connectivity index (χ1n) is 10.1. The molecule has 0 amide bonds. The SMILES string of the molecule is CCCCCc1cc2c(c(O)c1C(=O)OC)[C@@H]1CC(C)=CC[C@H]1C(C)(C)O2. The number of aryl methyl sites for hydroxylation is 1. The molecule has 1 N–H and O–H groups in total. The first-order valence-corrected chi connectivity index (χ1v) is 10.1. The van der Waals surface area contributed by atoms with E-state index < -0.39 is 5.97 Å². The Balaban J connectivity index is 2.14. The fourth-order valence-corrected chi connectivity index (χ4v) is 4.74. The number of hydrogen-bond donors (Lipinski definition) is 1. The van der Waals surface area contributed by atoms with Gasteiger partial charge in [0.2, 0.25) is 0 Å². The zero-order chi connectivity index (χ0) is 19.8. The predicted molar refractivity (Wildman–Crippen MR) is 107 cm³/mol. The number of phenolic OH excluding ortho intramolecular Hbond substituents is 1. The van der Waals surface area contributed by atoms with E-state index in [-0.39, 0.29) is 23.2 Å². The Morgan fingerprint density at radius 3 is 2.78 bits per heavy atom. The lowest BCUT2D eigenvalue weighted by molar-refractivity contribution is 0.00740. The highest BCUT2D eigenvalue weighted by molar-refractivity contribution is 5.95. The molecule has 1 aromatic carbocycles. The molecule has 0 radical (unpaired) electrons. The van der Waals surface area contributed by atoms with Crippen molar-refractivity contribution in [2.75, 3.05) is 7.11 Å². The monoisotopic (exact) mass is 372 g/mol. The van der Waals surface area contributed by atoms with E-state index in [9.17, 15) is 9.90 Å². The molecule has 4 heteroatoms. The molecular formula is C23H32O4. The molecule has 1 aliphatic carbocycles. The second kappa shape index (κ2) is 7.57. The molecule has 1 aromatic rings. The van der Waals surface area contributed by atoms with Crippen molar-refractivity contribution in [1.29, 1.82) is 0 Å². The fourth-order valence-electron chi connectivity index (χ4n) is 4.74. The van der Waals surface area contributed by atoms with Crippen molar-refractivity contribution < 1.29 is 19.4 Å². The molecular weight excluding hydrogens is 340 g/mol. The number of phenols is 1. The van der Waals surface area contributed by atoms with Crippen molar-refractivity contribution in [3.05, 3.63) is 34.4 Å². The largest absolute Gasteiger partial charge is 0.507 e. The molecule has 3 rings (SSSR count). The number of carbonyl (C=O) groups excluding carboxylic acids is 1. The molecule has 148 valence electrons. The number of ether oxygens (including phenoxy) is 2. The quantitative estimate of drug-likeness (QED) is 0.420. The van der Waals surface area contributed by atoms with Crippen molar-refractivity contribution >= 4 is 5.97 Å². The van der Waals surface area contributed by atoms with Gasteiger partial charge in [-0.15, -0.1) is 0 Å². The lowest BCUT2D eigenvalue weighted by atomic mass is 9.66. The highest BCUT2D eigenvalue weighted by atomic mass is 16.5. The maximum atomic E-state index is 12.5. The van der Waals surface area contributed by atoms with E-state index in [1.54, 1.807) is 0 Å². The van der Waals surface area contributed by atoms with Crippen LogP contribution in [0.4, 0.5) is 0 Å². The third-order valence-corrected chi connectivity index (χ3v) is 6.21. The highest BCUT2D eigenvalue weighted by Crippen LogP contribution is 2.55. The summed E-state index contributed by atoms with van der Waals surface area (Å²) in [5.41, 5.74) is 2.94. The van der Waals surface area contributed by atoms with Crippen LogP contribution in [0.5, 0.6) is 11.5 Å². The van der Waals surface area contributed by atoms with Gasteiger partial charge in [-0.2, -0.15) is 0 Å². The minimum Gasteiger partial charge on any atom is -0.507 e. The van der Waals surface area contributed by atoms with Crippen molar-refractivity contribution in [2.45, 2.75) is 77.7 Å². The van der Waals surface area contributed by atoms with Crippen LogP contribution in [0.1, 0.15) is 87.2 Å². The van der Waals surface area contributed by atoms with Gasteiger partial charge in [0, 0.05) is 17.4 Å². The number of rotatable bonds is 5. The van der Waals surface area contributed by atoms with E-state index in [0.29, 0.717) is 5.56 Å². The Kier molecular flexibility index (Phi) is 5.55. The number of esters is 1. The van der Waals surface area contributed by atoms with Gasteiger partial charge in [-0.3, -0.25) is 0 Å². The summed E-state index contributed by atoms with van der Waals surface area (Å²) in [6, 6.07) is 1.97. The molecule has 0 unspecified atom stereocenters. The average Bonchev–Trinajstić information content (AvgIpc) is 2.60. The molecule has 0 spiro atoms. The van der Waals surface area contributed by atoms with E-state index in [2.05, 4.69) is 33.8 Å². The zero-order valence-electron chi connectivity index (χ0n) is 17.2. The molecule has 0 aromatic heterocycles. The molecule has 0 saturated carbocycles. The zero-order valence-corrected chi connectivity index (χ0v) is 17.2. The summed E-state index contributed by atoms with van der Waals surface area (Å²) in [7, 11) is 1.37. The van der Waals surface area contributed by atoms with Crippen LogP contribution in [0, 0.1) is 5.92 Å². The topological polar surface area (TPSA) is 55.8 Å². The maximum absolute atomic E-state index is 12.5. The molecule has 1 aliphatic heterocycles. The van der Waals surface area contributed by atoms with E-state index >= 15 is 0 Å². The van der Waals surface area contributed by atoms with Crippen LogP contribution in [0.2, 0.25) is 0 Å². The minimum atomic E-state index is -0.466. The number of methoxy groups -OCH3 is 1. The number of allylic oxidation sites excluding steroid dienone is 2. The van der Waals surface area contributed by atoms with Crippen LogP contribution in [0.25, 0.3) is 0 Å². The molecule has 0 bridgehead atoms. The van der Waals surface area contributed by atoms with Gasteiger partial charge >= 0.3 is 5.97 Å². The van der Waals surface area contributed by atoms with Gasteiger partial charge in [0.05, 0.1) is 7.11 Å². The number of aromatic hydroxyl groups is 1. The summed E-state index contributed by atoms with van der Waals surface area (Å²) < 4.78 is 11.4. The van der Waals surface area contributed by atoms with Gasteiger partial charge in [-0.25, -0.2) is 4.79 Å². The third kappa shape index (κ3) is 3.59. The molecule has 0 fully saturated rings. The van der Waals surface area contributed by atoms with Crippen LogP contribution in [0.15, 0.2) is 17.7 Å². The average molecular weight is 373 g/mol. The smallest absolute Gasteiger partial charge is 0.341 e. The first kappa shape index (κ1) is 19.8. The number of fused-ring (bicyclic) bond motifs is 3. The predicted octanol–water partition coefficient (Wildman–Crippen LogP) is 5.52. The lowest BCUT2D eigenvalue weighted by Gasteiger charge is -2.47. The van der Waals surface area contributed by atoms with E-state index in [4.69, 9.17) is 9.47 Å². The lowest BCUT2D eigenvalue weighted by Crippen LogP contribution is -2.45. The Morgan fingerprint density at radius 1 is 1.37 bits per heavy atom. The summed E-state index contributed by atoms with van der Waals surface area (Å²) in [6.07, 6.45) is 7.96. The van der Waals surface area contributed by atoms with Gasteiger partial charge in [0.25, 0.3) is 0 Å². The van der Waals surface area contributed by atoms with Gasteiger partial charge in [-0.1, -0.05) is 31.4 Å². The van der Waals surface area contributed by atoms with Gasteiger partial charge in [0.15, 0.2) is 0 Å². The third-order valence-electron chi connectivity index (χ3n) is 6.21. The second-order valence-electron chi connectivity index (χ2n) is 8.53. The number of hydrogen-bond acceptors (Lipinski definition) is 4. The van der Waals surface area contributed by atoms with Crippen LogP contribution < -0.4 is 4.74 Å². The first-order chi connectivity index (χ1) is 12.8. The Labute approximate surface area is 162 Å². The Morgan fingerprint density at radius 2 is 2.11 bits per heavy atom. The number of unbranched alkanes of at least 4 members (excludes halogenated alkanes) is 2. The molecule has 2 atom stereocenters. The van der Waals surface area contributed by atoms with E-state index in [1.807, 2.05) is 6.07 Å². The van der Waals surface area contributed by atoms with Gasteiger partial charge in [0.1, 0.15) is 22.7 Å². The van der Waals surface area contributed by atoms with Crippen molar-refractivity contribution in [1.82, 2.24) is 0 Å². The minimum absolute atomic E-state index is 0.0612. The van der Waals surface area contributed by atoms with Crippen molar-refractivity contribution in [3.63, 3.8) is 0 Å². The van der Waals surface area contributed by atoms with Gasteiger partial charge < -0.3 is 14.6 Å². The Hall–Kier alpha value is -1.97. The molecule has 2 aliphatic rings. The number of benzene rings is 1. The van der Waals surface area contributed by atoms with Crippen LogP contribution in [0.3, 0.4) is 0 Å². The summed E-state index contributed by atoms with van der Waals surface area (Å²) >= 11 is 0.